The van der Waals surface area contributed by atoms with Crippen molar-refractivity contribution in [3.05, 3.63) is 0 Å². The van der Waals surface area contributed by atoms with E-state index in [0.29, 0.717) is 18.5 Å². The van der Waals surface area contributed by atoms with Crippen LogP contribution in [0, 0.1) is 0 Å². The van der Waals surface area contributed by atoms with Crippen molar-refractivity contribution in [2.75, 3.05) is 19.6 Å². The van der Waals surface area contributed by atoms with Crippen LogP contribution >= 0.6 is 0 Å². The molecule has 1 fully saturated rings. The van der Waals surface area contributed by atoms with Gasteiger partial charge >= 0.3 is 0 Å². The summed E-state index contributed by atoms with van der Waals surface area (Å²) in [6.07, 6.45) is 2.75. The molecule has 18 heavy (non-hydrogen) atoms. The number of likely N-dealkylation sites (tertiary alicyclic amines) is 1. The summed E-state index contributed by atoms with van der Waals surface area (Å²) in [6.45, 7) is 11.7. The van der Waals surface area contributed by atoms with Crippen LogP contribution in [0.5, 0.6) is 0 Å². The van der Waals surface area contributed by atoms with Gasteiger partial charge in [-0.1, -0.05) is 6.92 Å². The van der Waals surface area contributed by atoms with Crippen molar-refractivity contribution in [2.45, 2.75) is 65.1 Å². The summed E-state index contributed by atoms with van der Waals surface area (Å²) in [4.78, 5) is 14.3. The van der Waals surface area contributed by atoms with Crippen molar-refractivity contribution >= 4 is 5.91 Å². The molecule has 1 heterocycles. The molecule has 0 spiro atoms. The summed E-state index contributed by atoms with van der Waals surface area (Å²) >= 11 is 0. The normalized spacial score (nSPS) is 20.1. The van der Waals surface area contributed by atoms with E-state index in [4.69, 9.17) is 0 Å². The van der Waals surface area contributed by atoms with E-state index in [-0.39, 0.29) is 11.9 Å². The Hall–Kier alpha value is -0.610. The average molecular weight is 255 g/mol. The van der Waals surface area contributed by atoms with Crippen molar-refractivity contribution in [2.24, 2.45) is 0 Å². The molecule has 0 saturated carbocycles. The summed E-state index contributed by atoms with van der Waals surface area (Å²) in [7, 11) is 0. The van der Waals surface area contributed by atoms with Gasteiger partial charge in [-0.05, 0) is 40.2 Å². The van der Waals surface area contributed by atoms with Gasteiger partial charge in [0.15, 0.2) is 0 Å². The van der Waals surface area contributed by atoms with E-state index in [2.05, 4.69) is 43.2 Å². The molecule has 0 bridgehead atoms. The summed E-state index contributed by atoms with van der Waals surface area (Å²) < 4.78 is 0. The van der Waals surface area contributed by atoms with E-state index in [0.717, 1.165) is 32.5 Å². The topological polar surface area (TPSA) is 44.4 Å². The highest BCUT2D eigenvalue weighted by atomic mass is 16.1. The number of hydrogen-bond acceptors (Lipinski definition) is 3. The van der Waals surface area contributed by atoms with Gasteiger partial charge in [0.25, 0.3) is 0 Å². The Kier molecular flexibility index (Phi) is 6.65. The third-order valence-corrected chi connectivity index (χ3v) is 3.67. The van der Waals surface area contributed by atoms with Crippen LogP contribution in [0.1, 0.15) is 47.0 Å². The first-order valence-corrected chi connectivity index (χ1v) is 7.29. The van der Waals surface area contributed by atoms with Crippen LogP contribution in [0.2, 0.25) is 0 Å². The first kappa shape index (κ1) is 15.4. The molecule has 1 unspecified atom stereocenters. The van der Waals surface area contributed by atoms with Gasteiger partial charge in [0, 0.05) is 37.6 Å². The zero-order valence-electron chi connectivity index (χ0n) is 12.3. The Morgan fingerprint density at radius 1 is 1.28 bits per heavy atom. The fraction of sp³-hybridized carbons (Fsp3) is 0.929. The number of amides is 1. The SMILES string of the molecule is CCNC(C)CC(=O)NC1CCN(C(C)C)CC1. The second-order valence-corrected chi connectivity index (χ2v) is 5.63. The Morgan fingerprint density at radius 2 is 1.89 bits per heavy atom. The molecular formula is C14H29N3O. The van der Waals surface area contributed by atoms with Crippen LogP contribution in [0.4, 0.5) is 0 Å². The van der Waals surface area contributed by atoms with Gasteiger partial charge < -0.3 is 15.5 Å². The van der Waals surface area contributed by atoms with Crippen LogP contribution in [-0.4, -0.2) is 48.6 Å². The molecule has 1 atom stereocenters. The lowest BCUT2D eigenvalue weighted by atomic mass is 10.0. The molecule has 106 valence electrons. The van der Waals surface area contributed by atoms with E-state index >= 15 is 0 Å². The van der Waals surface area contributed by atoms with Crippen LogP contribution < -0.4 is 10.6 Å². The lowest BCUT2D eigenvalue weighted by molar-refractivity contribution is -0.122. The molecule has 1 saturated heterocycles. The van der Waals surface area contributed by atoms with Crippen molar-refractivity contribution in [1.82, 2.24) is 15.5 Å². The summed E-state index contributed by atoms with van der Waals surface area (Å²) in [5.41, 5.74) is 0. The van der Waals surface area contributed by atoms with Crippen molar-refractivity contribution in [3.63, 3.8) is 0 Å². The highest BCUT2D eigenvalue weighted by molar-refractivity contribution is 5.76. The number of nitrogens with one attached hydrogen (secondary N) is 2. The maximum absolute atomic E-state index is 11.8. The van der Waals surface area contributed by atoms with Crippen LogP contribution in [0.3, 0.4) is 0 Å². The third-order valence-electron chi connectivity index (χ3n) is 3.67. The van der Waals surface area contributed by atoms with E-state index in [1.165, 1.54) is 0 Å². The van der Waals surface area contributed by atoms with Crippen LogP contribution in [-0.2, 0) is 4.79 Å². The van der Waals surface area contributed by atoms with Crippen molar-refractivity contribution in [3.8, 4) is 0 Å². The minimum atomic E-state index is 0.187. The summed E-state index contributed by atoms with van der Waals surface area (Å²) in [5.74, 6) is 0.187. The standard InChI is InChI=1S/C14H29N3O/c1-5-15-12(4)10-14(18)16-13-6-8-17(9-7-13)11(2)3/h11-13,15H,5-10H2,1-4H3,(H,16,18). The van der Waals surface area contributed by atoms with E-state index < -0.39 is 0 Å². The minimum absolute atomic E-state index is 0.187. The van der Waals surface area contributed by atoms with Crippen molar-refractivity contribution < 1.29 is 4.79 Å². The third kappa shape index (κ3) is 5.36. The minimum Gasteiger partial charge on any atom is -0.353 e. The summed E-state index contributed by atoms with van der Waals surface area (Å²) in [6, 6.07) is 1.27. The molecule has 0 aromatic heterocycles. The Morgan fingerprint density at radius 3 is 2.39 bits per heavy atom. The van der Waals surface area contributed by atoms with Gasteiger partial charge in [0.2, 0.25) is 5.91 Å². The lowest BCUT2D eigenvalue weighted by Gasteiger charge is -2.35. The van der Waals surface area contributed by atoms with Gasteiger partial charge in [-0.25, -0.2) is 0 Å². The van der Waals surface area contributed by atoms with Gasteiger partial charge in [-0.15, -0.1) is 0 Å². The molecule has 1 rings (SSSR count). The molecule has 4 nitrogen and oxygen atoms in total. The predicted octanol–water partition coefficient (Wildman–Crippen LogP) is 1.36. The van der Waals surface area contributed by atoms with Gasteiger partial charge in [0.1, 0.15) is 0 Å². The zero-order chi connectivity index (χ0) is 13.5. The van der Waals surface area contributed by atoms with Gasteiger partial charge in [-0.3, -0.25) is 4.79 Å². The number of rotatable bonds is 6. The average Bonchev–Trinajstić information content (AvgIpc) is 2.29. The monoisotopic (exact) mass is 255 g/mol. The van der Waals surface area contributed by atoms with E-state index in [1.807, 2.05) is 0 Å². The first-order chi connectivity index (χ1) is 8.52. The number of hydrogen-bond donors (Lipinski definition) is 2. The fourth-order valence-corrected chi connectivity index (χ4v) is 2.55. The highest BCUT2D eigenvalue weighted by Crippen LogP contribution is 2.13. The maximum Gasteiger partial charge on any atom is 0.221 e. The first-order valence-electron chi connectivity index (χ1n) is 7.29. The van der Waals surface area contributed by atoms with Crippen LogP contribution in [0.25, 0.3) is 0 Å². The largest absolute Gasteiger partial charge is 0.353 e. The highest BCUT2D eigenvalue weighted by Gasteiger charge is 2.22. The Labute approximate surface area is 111 Å². The Balaban J connectivity index is 2.22. The smallest absolute Gasteiger partial charge is 0.221 e. The second kappa shape index (κ2) is 7.74. The molecule has 0 radical (unpaired) electrons. The lowest BCUT2D eigenvalue weighted by Crippen LogP contribution is -2.47. The molecular weight excluding hydrogens is 226 g/mol. The molecule has 0 aromatic rings. The van der Waals surface area contributed by atoms with Gasteiger partial charge in [-0.2, -0.15) is 0 Å². The van der Waals surface area contributed by atoms with E-state index in [9.17, 15) is 4.79 Å². The summed E-state index contributed by atoms with van der Waals surface area (Å²) in [5, 5.41) is 6.43. The molecule has 1 aliphatic heterocycles. The van der Waals surface area contributed by atoms with Crippen LogP contribution in [0.15, 0.2) is 0 Å². The number of piperidine rings is 1. The second-order valence-electron chi connectivity index (χ2n) is 5.63. The molecule has 2 N–H and O–H groups in total. The molecule has 1 amide bonds. The fourth-order valence-electron chi connectivity index (χ4n) is 2.55. The molecule has 0 aliphatic carbocycles. The molecule has 4 heteroatoms. The number of carbonyl (C=O) groups is 1. The Bertz CT molecular complexity index is 247. The number of nitrogens with zero attached hydrogens (tertiary/aromatic N) is 1. The quantitative estimate of drug-likeness (QED) is 0.753. The van der Waals surface area contributed by atoms with E-state index in [1.54, 1.807) is 0 Å². The van der Waals surface area contributed by atoms with Gasteiger partial charge in [0.05, 0.1) is 0 Å². The molecule has 1 aliphatic rings. The van der Waals surface area contributed by atoms with Crippen molar-refractivity contribution in [1.29, 1.82) is 0 Å². The predicted molar refractivity (Wildman–Crippen MR) is 75.6 cm³/mol. The zero-order valence-corrected chi connectivity index (χ0v) is 12.3. The number of carbonyl (C=O) groups excluding carboxylic acids is 1. The molecule has 0 aromatic carbocycles. The maximum atomic E-state index is 11.8.